The number of carbonyl (C=O) groups excluding carboxylic acids is 2. The van der Waals surface area contributed by atoms with Crippen LogP contribution < -0.4 is 4.90 Å². The van der Waals surface area contributed by atoms with E-state index < -0.39 is 17.7 Å². The van der Waals surface area contributed by atoms with Gasteiger partial charge in [0.25, 0.3) is 5.78 Å². The molecule has 4 heterocycles. The number of aliphatic hydroxyl groups excluding tert-OH is 1. The molecule has 6 rings (SSSR count). The summed E-state index contributed by atoms with van der Waals surface area (Å²) in [6.07, 6.45) is 1.73. The maximum absolute atomic E-state index is 13.5. The number of carbonyl (C=O) groups is 2. The van der Waals surface area contributed by atoms with Gasteiger partial charge >= 0.3 is 5.91 Å². The molecule has 0 saturated carbocycles. The molecule has 40 heavy (non-hydrogen) atoms. The lowest BCUT2D eigenvalue weighted by atomic mass is 9.96. The first kappa shape index (κ1) is 25.8. The van der Waals surface area contributed by atoms with E-state index in [4.69, 9.17) is 0 Å². The van der Waals surface area contributed by atoms with Gasteiger partial charge in [0, 0.05) is 11.9 Å². The fourth-order valence-electron chi connectivity index (χ4n) is 4.75. The molecule has 11 heteroatoms. The van der Waals surface area contributed by atoms with E-state index in [1.165, 1.54) is 45.7 Å². The summed E-state index contributed by atoms with van der Waals surface area (Å²) in [5, 5.41) is 30.6. The van der Waals surface area contributed by atoms with Gasteiger partial charge in [-0.05, 0) is 49.2 Å². The van der Waals surface area contributed by atoms with E-state index in [9.17, 15) is 19.8 Å². The summed E-state index contributed by atoms with van der Waals surface area (Å²) >= 11 is 2.67. The molecule has 3 aromatic heterocycles. The van der Waals surface area contributed by atoms with Crippen molar-refractivity contribution in [2.75, 3.05) is 4.90 Å². The second-order valence-electron chi connectivity index (χ2n) is 9.36. The minimum absolute atomic E-state index is 0.0410. The van der Waals surface area contributed by atoms with Crippen LogP contribution in [0.2, 0.25) is 0 Å². The van der Waals surface area contributed by atoms with Crippen molar-refractivity contribution >= 4 is 51.3 Å². The van der Waals surface area contributed by atoms with Crippen LogP contribution in [-0.4, -0.2) is 41.5 Å². The number of ketones is 1. The molecule has 2 N–H and O–H groups in total. The molecule has 0 aliphatic carbocycles. The van der Waals surface area contributed by atoms with Gasteiger partial charge in [-0.25, -0.2) is 4.98 Å². The molecule has 2 aromatic carbocycles. The third-order valence-electron chi connectivity index (χ3n) is 6.64. The van der Waals surface area contributed by atoms with Gasteiger partial charge in [-0.3, -0.25) is 18.9 Å². The summed E-state index contributed by atoms with van der Waals surface area (Å²) < 4.78 is 2.30. The van der Waals surface area contributed by atoms with Crippen LogP contribution in [0.1, 0.15) is 34.1 Å². The SMILES string of the molecule is Cc1ccc(CSc2nnc(N3C(=O)C(=O)/C(=C(/O)c4c(C)nc5ccccn45)C3c3cccc(O)c3)s2)cc1. The minimum atomic E-state index is -1.04. The smallest absolute Gasteiger partial charge is 0.301 e. The zero-order valence-electron chi connectivity index (χ0n) is 21.5. The number of thioether (sulfide) groups is 1. The number of hydrogen-bond acceptors (Lipinski definition) is 9. The van der Waals surface area contributed by atoms with Gasteiger partial charge in [-0.1, -0.05) is 71.1 Å². The Bertz CT molecular complexity index is 1810. The second-order valence-corrected chi connectivity index (χ2v) is 11.5. The molecule has 9 nitrogen and oxygen atoms in total. The van der Waals surface area contributed by atoms with Crippen LogP contribution in [-0.2, 0) is 15.3 Å². The molecule has 5 aromatic rings. The topological polar surface area (TPSA) is 121 Å². The van der Waals surface area contributed by atoms with E-state index in [-0.39, 0.29) is 22.2 Å². The fourth-order valence-corrected chi connectivity index (χ4v) is 6.58. The van der Waals surface area contributed by atoms with E-state index in [2.05, 4.69) is 15.2 Å². The number of pyridine rings is 1. The number of rotatable bonds is 6. The van der Waals surface area contributed by atoms with Gasteiger partial charge < -0.3 is 10.2 Å². The molecule has 200 valence electrons. The quantitative estimate of drug-likeness (QED) is 0.0914. The Kier molecular flexibility index (Phi) is 6.60. The highest BCUT2D eigenvalue weighted by Gasteiger charge is 2.49. The number of Topliss-reactive ketones (excluding diaryl/α,β-unsaturated/α-hetero) is 1. The van der Waals surface area contributed by atoms with Crippen molar-refractivity contribution < 1.29 is 19.8 Å². The van der Waals surface area contributed by atoms with Crippen LogP contribution in [0.15, 0.2) is 82.8 Å². The van der Waals surface area contributed by atoms with Crippen LogP contribution in [0, 0.1) is 13.8 Å². The highest BCUT2D eigenvalue weighted by atomic mass is 32.2. The number of aromatic nitrogens is 4. The van der Waals surface area contributed by atoms with Crippen molar-refractivity contribution in [1.82, 2.24) is 19.6 Å². The second kappa shape index (κ2) is 10.2. The number of anilines is 1. The van der Waals surface area contributed by atoms with E-state index in [1.807, 2.05) is 37.3 Å². The molecular formula is C29H23N5O4S2. The molecule has 0 bridgehead atoms. The molecule has 1 fully saturated rings. The number of aliphatic hydroxyl groups is 1. The third-order valence-corrected chi connectivity index (χ3v) is 8.77. The van der Waals surface area contributed by atoms with Crippen molar-refractivity contribution in [3.05, 3.63) is 107 Å². The molecule has 1 atom stereocenters. The normalized spacial score (nSPS) is 16.8. The maximum atomic E-state index is 13.5. The van der Waals surface area contributed by atoms with Crippen LogP contribution in [0.25, 0.3) is 11.4 Å². The standard InChI is InChI=1S/C29H23N5O4S2/c1-16-9-11-18(12-10-16)15-39-29-32-31-28(40-29)34-24(19-6-5-7-20(35)14-19)22(26(37)27(34)38)25(36)23-17(2)30-21-8-3-4-13-33(21)23/h3-14,24,35-36H,15H2,1-2H3/b25-22+. The van der Waals surface area contributed by atoms with E-state index in [1.54, 1.807) is 41.8 Å². The van der Waals surface area contributed by atoms with E-state index >= 15 is 0 Å². The number of aryl methyl sites for hydroxylation is 2. The van der Waals surface area contributed by atoms with Crippen molar-refractivity contribution in [1.29, 1.82) is 0 Å². The van der Waals surface area contributed by atoms with Crippen molar-refractivity contribution in [2.24, 2.45) is 0 Å². The van der Waals surface area contributed by atoms with Crippen LogP contribution >= 0.6 is 23.1 Å². The molecule has 1 aliphatic rings. The average Bonchev–Trinajstić information content (AvgIpc) is 3.62. The zero-order chi connectivity index (χ0) is 28.0. The first-order valence-electron chi connectivity index (χ1n) is 12.4. The van der Waals surface area contributed by atoms with Crippen molar-refractivity contribution in [3.63, 3.8) is 0 Å². The summed E-state index contributed by atoms with van der Waals surface area (Å²) in [4.78, 5) is 32.8. The Hall–Kier alpha value is -4.48. The van der Waals surface area contributed by atoms with Gasteiger partial charge in [0.2, 0.25) is 5.13 Å². The number of imidazole rings is 1. The summed E-state index contributed by atoms with van der Waals surface area (Å²) in [7, 11) is 0. The maximum Gasteiger partial charge on any atom is 0.301 e. The van der Waals surface area contributed by atoms with Crippen LogP contribution in [0.5, 0.6) is 5.75 Å². The first-order chi connectivity index (χ1) is 19.3. The molecule has 1 saturated heterocycles. The Morgan fingerprint density at radius 2 is 1.82 bits per heavy atom. The Labute approximate surface area is 237 Å². The number of aromatic hydroxyl groups is 1. The minimum Gasteiger partial charge on any atom is -0.508 e. The van der Waals surface area contributed by atoms with Gasteiger partial charge in [-0.2, -0.15) is 0 Å². The third kappa shape index (κ3) is 4.52. The average molecular weight is 570 g/mol. The van der Waals surface area contributed by atoms with E-state index in [0.29, 0.717) is 32.7 Å². The highest BCUT2D eigenvalue weighted by molar-refractivity contribution is 8.00. The monoisotopic (exact) mass is 569 g/mol. The zero-order valence-corrected chi connectivity index (χ0v) is 23.1. The van der Waals surface area contributed by atoms with Crippen molar-refractivity contribution in [3.8, 4) is 5.75 Å². The number of nitrogens with zero attached hydrogens (tertiary/aromatic N) is 5. The Morgan fingerprint density at radius 1 is 1.02 bits per heavy atom. The van der Waals surface area contributed by atoms with E-state index in [0.717, 1.165) is 5.56 Å². The van der Waals surface area contributed by atoms with Gasteiger partial charge in [0.15, 0.2) is 10.1 Å². The lowest BCUT2D eigenvalue weighted by molar-refractivity contribution is -0.132. The summed E-state index contributed by atoms with van der Waals surface area (Å²) in [5.41, 5.74) is 4.01. The Balaban J connectivity index is 1.43. The lowest BCUT2D eigenvalue weighted by Crippen LogP contribution is -2.29. The van der Waals surface area contributed by atoms with Gasteiger partial charge in [0.1, 0.15) is 17.1 Å². The number of phenolic OH excluding ortho intramolecular Hbond substituents is 1. The lowest BCUT2D eigenvalue weighted by Gasteiger charge is -2.22. The molecule has 0 radical (unpaired) electrons. The van der Waals surface area contributed by atoms with Crippen molar-refractivity contribution in [2.45, 2.75) is 30.0 Å². The first-order valence-corrected chi connectivity index (χ1v) is 14.2. The van der Waals surface area contributed by atoms with Crippen LogP contribution in [0.3, 0.4) is 0 Å². The van der Waals surface area contributed by atoms with Gasteiger partial charge in [-0.15, -0.1) is 10.2 Å². The number of phenols is 1. The summed E-state index contributed by atoms with van der Waals surface area (Å²) in [5.74, 6) is -1.44. The molecular weight excluding hydrogens is 546 g/mol. The van der Waals surface area contributed by atoms with Gasteiger partial charge in [0.05, 0.1) is 17.3 Å². The molecule has 0 spiro atoms. The molecule has 1 unspecified atom stereocenters. The predicted molar refractivity (Wildman–Crippen MR) is 153 cm³/mol. The fraction of sp³-hybridized carbons (Fsp3) is 0.138. The summed E-state index contributed by atoms with van der Waals surface area (Å²) in [6.45, 7) is 3.76. The largest absolute Gasteiger partial charge is 0.508 e. The number of hydrogen-bond donors (Lipinski definition) is 2. The number of fused-ring (bicyclic) bond motifs is 1. The predicted octanol–water partition coefficient (Wildman–Crippen LogP) is 5.43. The van der Waals surface area contributed by atoms with Crippen LogP contribution in [0.4, 0.5) is 5.13 Å². The highest BCUT2D eigenvalue weighted by Crippen LogP contribution is 2.44. The molecule has 1 aliphatic heterocycles. The number of amides is 1. The summed E-state index contributed by atoms with van der Waals surface area (Å²) in [6, 6.07) is 18.8. The Morgan fingerprint density at radius 3 is 2.60 bits per heavy atom. The molecule has 1 amide bonds. The number of benzene rings is 2.